The first-order valence-electron chi connectivity index (χ1n) is 31.7. The van der Waals surface area contributed by atoms with Gasteiger partial charge in [0.25, 0.3) is 29.5 Å². The molecule has 6 aromatic carbocycles. The zero-order valence-corrected chi connectivity index (χ0v) is 61.2. The monoisotopic (exact) mass is 1660 g/mol. The number of carbonyl (C=O) groups excluding carboxylic acids is 5. The predicted molar refractivity (Wildman–Crippen MR) is 382 cm³/mol. The number of hydrogen-bond donors (Lipinski definition) is 5. The number of rotatable bonds is 11. The number of thioether (sulfide) groups is 5. The van der Waals surface area contributed by atoms with Gasteiger partial charge in [-0.2, -0.15) is 79.0 Å². The van der Waals surface area contributed by atoms with Crippen molar-refractivity contribution in [1.29, 1.82) is 0 Å². The van der Waals surface area contributed by atoms with Crippen LogP contribution in [0, 0.1) is 33.5 Å². The Morgan fingerprint density at radius 2 is 0.518 bits per heavy atom. The second-order valence-electron chi connectivity index (χ2n) is 22.5. The highest BCUT2D eigenvalue weighted by atomic mass is 32.2. The van der Waals surface area contributed by atoms with E-state index in [1.54, 1.807) is 125 Å². The van der Waals surface area contributed by atoms with Gasteiger partial charge in [0, 0.05) is 62.8 Å². The van der Waals surface area contributed by atoms with Gasteiger partial charge in [0.05, 0.1) is 38.6 Å². The number of nitrogens with one attached hydrogen (secondary N) is 5. The maximum Gasteiger partial charge on any atom is 0.450 e. The van der Waals surface area contributed by atoms with Crippen LogP contribution in [0.1, 0.15) is 27.8 Å². The number of para-hydroxylation sites is 5. The van der Waals surface area contributed by atoms with Gasteiger partial charge >= 0.3 is 37.1 Å². The Morgan fingerprint density at radius 3 is 0.736 bits per heavy atom. The lowest BCUT2D eigenvalue weighted by molar-refractivity contribution is -0.140. The molecule has 0 bridgehead atoms. The lowest BCUT2D eigenvalue weighted by Gasteiger charge is -2.22. The third-order valence-electron chi connectivity index (χ3n) is 14.6. The second-order valence-corrected chi connectivity index (χ2v) is 28.1. The Kier molecular flexibility index (Phi) is 30.9. The van der Waals surface area contributed by atoms with Gasteiger partial charge in [-0.3, -0.25) is 24.0 Å². The predicted octanol–water partition coefficient (Wildman–Crippen LogP) is 19.9. The van der Waals surface area contributed by atoms with Crippen LogP contribution in [0.5, 0.6) is 0 Å². The highest BCUT2D eigenvalue weighted by molar-refractivity contribution is 8.05. The molecule has 0 unspecified atom stereocenters. The standard InChI is InChI=1S/C19H12F7NO2S.4C13H12F3NO2S/c20-13-9-10(5-6-12(13)18(21,22)23)11-3-1-2-4-14(11)27-17(28)15-16(19(24,25)26)29-7-8-30-15;4*1-8-4-2-3-5-9(8)17-12(18)10-11(13(14,15)16)19-6-7-20-10/h1-6,9H,7-8H2,(H,27,28);4*2-5H,6-7H2,1H3,(H,17,18). The first-order chi connectivity index (χ1) is 51.6. The van der Waals surface area contributed by atoms with Gasteiger partial charge < -0.3 is 50.3 Å². The van der Waals surface area contributed by atoms with E-state index in [1.807, 2.05) is 0 Å². The number of benzene rings is 6. The van der Waals surface area contributed by atoms with E-state index in [0.717, 1.165) is 75.4 Å². The SMILES string of the molecule is Cc1ccccc1NC(=O)C1=C(C(F)(F)F)OCCS1.Cc1ccccc1NC(=O)C1=C(C(F)(F)F)OCCS1.Cc1ccccc1NC(=O)C1=C(C(F)(F)F)OCCS1.Cc1ccccc1NC(=O)C1=C(C(F)(F)F)OCCS1.O=C(Nc1ccccc1-c1ccc(C(F)(F)F)c(F)c1)C1=C(C(F)(F)F)OCCS1. The fraction of sp³-hybridized carbons (Fsp3) is 0.282. The van der Waals surface area contributed by atoms with Crippen LogP contribution in [0.2, 0.25) is 0 Å². The van der Waals surface area contributed by atoms with Gasteiger partial charge in [0.1, 0.15) is 30.3 Å². The van der Waals surface area contributed by atoms with E-state index in [1.165, 1.54) is 24.3 Å². The molecule has 15 nitrogen and oxygen atoms in total. The topological polar surface area (TPSA) is 192 Å². The molecule has 5 aliphatic heterocycles. The zero-order valence-electron chi connectivity index (χ0n) is 57.2. The van der Waals surface area contributed by atoms with Crippen LogP contribution in [-0.4, -0.2) is 122 Å². The van der Waals surface area contributed by atoms with Gasteiger partial charge in [-0.05, 0) is 98.0 Å². The summed E-state index contributed by atoms with van der Waals surface area (Å²) in [5.41, 5.74) is 3.72. The molecule has 0 aliphatic carbocycles. The second kappa shape index (κ2) is 38.6. The number of ether oxygens (including phenoxy) is 5. The summed E-state index contributed by atoms with van der Waals surface area (Å²) in [5, 5.41) is 12.2. The number of aryl methyl sites for hydroxylation is 4. The average Bonchev–Trinajstić information content (AvgIpc) is 0.812. The smallest absolute Gasteiger partial charge is 0.450 e. The Balaban J connectivity index is 0.000000193. The molecule has 0 radical (unpaired) electrons. The summed E-state index contributed by atoms with van der Waals surface area (Å²) >= 11 is 4.09. The number of amides is 5. The van der Waals surface area contributed by atoms with Crippen LogP contribution >= 0.6 is 58.8 Å². The lowest BCUT2D eigenvalue weighted by Crippen LogP contribution is -2.26. The summed E-state index contributed by atoms with van der Waals surface area (Å²) in [6, 6.07) is 35.4. The van der Waals surface area contributed by atoms with Gasteiger partial charge in [-0.15, -0.1) is 58.8 Å². The molecule has 6 aromatic rings. The van der Waals surface area contributed by atoms with Crippen molar-refractivity contribution >= 4 is 117 Å². The van der Waals surface area contributed by atoms with Crippen molar-refractivity contribution in [2.75, 3.05) is 88.4 Å². The minimum absolute atomic E-state index is 0.00172. The quantitative estimate of drug-likeness (QED) is 0.0769. The fourth-order valence-electron chi connectivity index (χ4n) is 9.49. The molecule has 0 saturated carbocycles. The highest BCUT2D eigenvalue weighted by Gasteiger charge is 2.47. The number of alkyl halides is 18. The van der Waals surface area contributed by atoms with Gasteiger partial charge in [0.2, 0.25) is 28.8 Å². The molecule has 592 valence electrons. The summed E-state index contributed by atoms with van der Waals surface area (Å²) < 4.78 is 268. The van der Waals surface area contributed by atoms with Crippen molar-refractivity contribution in [3.05, 3.63) is 226 Å². The van der Waals surface area contributed by atoms with Crippen LogP contribution in [0.3, 0.4) is 0 Å². The Morgan fingerprint density at radius 1 is 0.300 bits per heavy atom. The number of hydrogen-bond acceptors (Lipinski definition) is 15. The van der Waals surface area contributed by atoms with Crippen molar-refractivity contribution < 1.29 is 131 Å². The first-order valence-corrected chi connectivity index (χ1v) is 36.6. The van der Waals surface area contributed by atoms with Gasteiger partial charge in [-0.1, -0.05) is 97.1 Å². The number of allylic oxidation sites excluding steroid dienone is 5. The van der Waals surface area contributed by atoms with Crippen LogP contribution in [-0.2, 0) is 53.8 Å². The molecule has 5 aliphatic rings. The molecule has 0 fully saturated rings. The normalized spacial score (nSPS) is 15.6. The average molecular weight is 1660 g/mol. The van der Waals surface area contributed by atoms with E-state index in [9.17, 15) is 107 Å². The summed E-state index contributed by atoms with van der Waals surface area (Å²) in [6.45, 7) is 6.62. The van der Waals surface area contributed by atoms with Crippen molar-refractivity contribution in [2.45, 2.75) is 64.8 Å². The van der Waals surface area contributed by atoms with Crippen LogP contribution in [0.25, 0.3) is 11.1 Å². The van der Waals surface area contributed by atoms with E-state index < -0.39 is 131 Å². The van der Waals surface area contributed by atoms with Crippen LogP contribution in [0.15, 0.2) is 193 Å². The Labute approximate surface area is 635 Å². The molecule has 110 heavy (non-hydrogen) atoms. The van der Waals surface area contributed by atoms with E-state index in [0.29, 0.717) is 69.7 Å². The molecular weight excluding hydrogens is 1600 g/mol. The van der Waals surface area contributed by atoms with Gasteiger partial charge in [0.15, 0.2) is 0 Å². The molecule has 0 saturated heterocycles. The maximum absolute atomic E-state index is 13.9. The zero-order chi connectivity index (χ0) is 81.1. The molecule has 0 atom stereocenters. The molecule has 39 heteroatoms. The number of carbonyl (C=O) groups is 5. The van der Waals surface area contributed by atoms with Crippen molar-refractivity contribution in [3.8, 4) is 11.1 Å². The molecule has 5 heterocycles. The lowest BCUT2D eigenvalue weighted by atomic mass is 10.0. The molecule has 11 rings (SSSR count). The van der Waals surface area contributed by atoms with E-state index in [2.05, 4.69) is 50.3 Å². The van der Waals surface area contributed by atoms with Crippen molar-refractivity contribution in [2.24, 2.45) is 0 Å². The minimum Gasteiger partial charge on any atom is -0.487 e. The molecule has 0 spiro atoms. The number of halogens is 19. The third-order valence-corrected chi connectivity index (χ3v) is 19.7. The molecule has 0 aromatic heterocycles. The Hall–Kier alpha value is -9.21. The first kappa shape index (κ1) is 88.0. The van der Waals surface area contributed by atoms with Crippen molar-refractivity contribution in [3.63, 3.8) is 0 Å². The largest absolute Gasteiger partial charge is 0.487 e. The summed E-state index contributed by atoms with van der Waals surface area (Å²) in [6.07, 6.45) is -28.4. The van der Waals surface area contributed by atoms with Crippen LogP contribution < -0.4 is 26.6 Å². The van der Waals surface area contributed by atoms with E-state index in [-0.39, 0.29) is 55.6 Å². The van der Waals surface area contributed by atoms with E-state index in [4.69, 9.17) is 0 Å². The Bertz CT molecular complexity index is 4100. The molecular formula is C71H60F19N5O10S5. The summed E-state index contributed by atoms with van der Waals surface area (Å²) in [4.78, 5) is 58.1. The maximum atomic E-state index is 13.9. The van der Waals surface area contributed by atoms with E-state index >= 15 is 0 Å². The molecule has 5 amide bonds. The summed E-state index contributed by atoms with van der Waals surface area (Å²) in [7, 11) is 0. The fourth-order valence-corrected chi connectivity index (χ4v) is 13.8. The number of anilines is 5. The highest BCUT2D eigenvalue weighted by Crippen LogP contribution is 2.44. The minimum atomic E-state index is -4.88. The summed E-state index contributed by atoms with van der Waals surface area (Å²) in [5.74, 6) is -10.6. The van der Waals surface area contributed by atoms with Gasteiger partial charge in [-0.25, -0.2) is 4.39 Å². The van der Waals surface area contributed by atoms with Crippen molar-refractivity contribution in [1.82, 2.24) is 0 Å². The third kappa shape index (κ3) is 25.2. The van der Waals surface area contributed by atoms with Crippen LogP contribution in [0.4, 0.5) is 112 Å². The molecule has 5 N–H and O–H groups in total.